The number of aryl methyl sites for hydroxylation is 1. The van der Waals surface area contributed by atoms with Crippen molar-refractivity contribution in [3.8, 4) is 5.75 Å². The Morgan fingerprint density at radius 2 is 1.96 bits per heavy atom. The van der Waals surface area contributed by atoms with Crippen LogP contribution in [0.15, 0.2) is 53.8 Å². The first-order chi connectivity index (χ1) is 13.2. The van der Waals surface area contributed by atoms with Gasteiger partial charge < -0.3 is 19.8 Å². The Morgan fingerprint density at radius 1 is 1.15 bits per heavy atom. The Labute approximate surface area is 160 Å². The number of guanidine groups is 1. The highest BCUT2D eigenvalue weighted by Crippen LogP contribution is 2.18. The summed E-state index contributed by atoms with van der Waals surface area (Å²) in [6.07, 6.45) is 5.83. The number of benzene rings is 1. The lowest BCUT2D eigenvalue weighted by Gasteiger charge is -2.12. The third-order valence-corrected chi connectivity index (χ3v) is 4.49. The first kappa shape index (κ1) is 18.8. The van der Waals surface area contributed by atoms with Gasteiger partial charge in [0.15, 0.2) is 5.96 Å². The van der Waals surface area contributed by atoms with Crippen molar-refractivity contribution in [2.24, 2.45) is 4.99 Å². The zero-order valence-electron chi connectivity index (χ0n) is 16.2. The largest absolute Gasteiger partial charge is 0.496 e. The molecule has 6 heteroatoms. The predicted octanol–water partition coefficient (Wildman–Crippen LogP) is 2.60. The van der Waals surface area contributed by atoms with Crippen LogP contribution >= 0.6 is 0 Å². The van der Waals surface area contributed by atoms with Crippen molar-refractivity contribution in [1.29, 1.82) is 0 Å². The fourth-order valence-electron chi connectivity index (χ4n) is 2.98. The van der Waals surface area contributed by atoms with Crippen molar-refractivity contribution in [3.05, 3.63) is 65.6 Å². The van der Waals surface area contributed by atoms with E-state index in [1.807, 2.05) is 28.8 Å². The molecule has 142 valence electrons. The van der Waals surface area contributed by atoms with Gasteiger partial charge in [0.1, 0.15) is 11.4 Å². The molecule has 0 aliphatic rings. The Hall–Kier alpha value is -3.02. The second-order valence-electron chi connectivity index (χ2n) is 6.43. The van der Waals surface area contributed by atoms with Crippen LogP contribution in [0, 0.1) is 6.92 Å². The van der Waals surface area contributed by atoms with E-state index in [-0.39, 0.29) is 0 Å². The smallest absolute Gasteiger partial charge is 0.190 e. The van der Waals surface area contributed by atoms with Gasteiger partial charge in [0.25, 0.3) is 0 Å². The van der Waals surface area contributed by atoms with Gasteiger partial charge in [-0.2, -0.15) is 0 Å². The van der Waals surface area contributed by atoms with E-state index in [1.54, 1.807) is 14.2 Å². The average Bonchev–Trinajstić information content (AvgIpc) is 3.10. The monoisotopic (exact) mass is 365 g/mol. The van der Waals surface area contributed by atoms with E-state index in [4.69, 9.17) is 4.74 Å². The lowest BCUT2D eigenvalue weighted by atomic mass is 10.1. The van der Waals surface area contributed by atoms with E-state index in [0.717, 1.165) is 54.5 Å². The van der Waals surface area contributed by atoms with Gasteiger partial charge in [0.2, 0.25) is 0 Å². The normalized spacial score (nSPS) is 11.6. The second kappa shape index (κ2) is 9.07. The second-order valence-corrected chi connectivity index (χ2v) is 6.43. The number of fused-ring (bicyclic) bond motifs is 1. The van der Waals surface area contributed by atoms with E-state index in [1.165, 1.54) is 5.56 Å². The minimum atomic E-state index is 0.780. The van der Waals surface area contributed by atoms with Crippen molar-refractivity contribution in [1.82, 2.24) is 20.0 Å². The van der Waals surface area contributed by atoms with Crippen LogP contribution in [0.5, 0.6) is 5.75 Å². The standard InChI is InChI=1S/C21H27N5O/c1-16-7-8-17(14-19(16)27-3)9-11-23-21(22-2)24-12-10-18-15-26-13-5-4-6-20(26)25-18/h4-8,13-15H,9-12H2,1-3H3,(H2,22,23,24). The quantitative estimate of drug-likeness (QED) is 0.499. The maximum atomic E-state index is 5.39. The summed E-state index contributed by atoms with van der Waals surface area (Å²) >= 11 is 0. The van der Waals surface area contributed by atoms with Crippen molar-refractivity contribution in [2.75, 3.05) is 27.2 Å². The Bertz CT molecular complexity index is 883. The predicted molar refractivity (Wildman–Crippen MR) is 110 cm³/mol. The molecule has 3 aromatic rings. The Morgan fingerprint density at radius 3 is 2.70 bits per heavy atom. The summed E-state index contributed by atoms with van der Waals surface area (Å²) in [7, 11) is 3.49. The van der Waals surface area contributed by atoms with Gasteiger partial charge >= 0.3 is 0 Å². The summed E-state index contributed by atoms with van der Waals surface area (Å²) in [5.41, 5.74) is 4.43. The summed E-state index contributed by atoms with van der Waals surface area (Å²) < 4.78 is 7.43. The number of nitrogens with one attached hydrogen (secondary N) is 2. The van der Waals surface area contributed by atoms with Crippen LogP contribution in [0.3, 0.4) is 0 Å². The maximum Gasteiger partial charge on any atom is 0.190 e. The molecule has 2 aromatic heterocycles. The summed E-state index contributed by atoms with van der Waals surface area (Å²) in [5, 5.41) is 6.70. The fraction of sp³-hybridized carbons (Fsp3) is 0.333. The van der Waals surface area contributed by atoms with Crippen molar-refractivity contribution in [2.45, 2.75) is 19.8 Å². The SMILES string of the molecule is CN=C(NCCc1ccc(C)c(OC)c1)NCCc1cn2ccccc2n1. The molecular formula is C21H27N5O. The molecule has 0 spiro atoms. The first-order valence-electron chi connectivity index (χ1n) is 9.20. The molecule has 0 atom stereocenters. The molecule has 0 amide bonds. The van der Waals surface area contributed by atoms with E-state index in [2.05, 4.69) is 51.9 Å². The minimum absolute atomic E-state index is 0.780. The molecule has 0 aliphatic carbocycles. The molecular weight excluding hydrogens is 338 g/mol. The Kier molecular flexibility index (Phi) is 6.30. The van der Waals surface area contributed by atoms with Crippen LogP contribution in [-0.4, -0.2) is 42.6 Å². The molecule has 2 N–H and O–H groups in total. The average molecular weight is 365 g/mol. The van der Waals surface area contributed by atoms with E-state index in [0.29, 0.717) is 0 Å². The summed E-state index contributed by atoms with van der Waals surface area (Å²) in [5.74, 6) is 1.74. The van der Waals surface area contributed by atoms with Gasteiger partial charge in [-0.05, 0) is 42.7 Å². The summed E-state index contributed by atoms with van der Waals surface area (Å²) in [4.78, 5) is 8.90. The molecule has 2 heterocycles. The van der Waals surface area contributed by atoms with Gasteiger partial charge in [0.05, 0.1) is 12.8 Å². The number of aromatic nitrogens is 2. The van der Waals surface area contributed by atoms with Crippen molar-refractivity contribution in [3.63, 3.8) is 0 Å². The maximum absolute atomic E-state index is 5.39. The molecule has 1 aromatic carbocycles. The number of imidazole rings is 1. The van der Waals surface area contributed by atoms with E-state index >= 15 is 0 Å². The van der Waals surface area contributed by atoms with Gasteiger partial charge in [-0.1, -0.05) is 18.2 Å². The lowest BCUT2D eigenvalue weighted by Crippen LogP contribution is -2.39. The molecule has 0 unspecified atom stereocenters. The molecule has 0 saturated carbocycles. The molecule has 6 nitrogen and oxygen atoms in total. The van der Waals surface area contributed by atoms with Gasteiger partial charge in [-0.15, -0.1) is 0 Å². The van der Waals surface area contributed by atoms with E-state index < -0.39 is 0 Å². The zero-order chi connectivity index (χ0) is 19.1. The number of aliphatic imine (C=N–C) groups is 1. The molecule has 0 aliphatic heterocycles. The highest BCUT2D eigenvalue weighted by atomic mass is 16.5. The van der Waals surface area contributed by atoms with Gasteiger partial charge in [0, 0.05) is 39.0 Å². The van der Waals surface area contributed by atoms with Crippen LogP contribution in [0.25, 0.3) is 5.65 Å². The topological polar surface area (TPSA) is 63.0 Å². The highest BCUT2D eigenvalue weighted by Gasteiger charge is 2.03. The Balaban J connectivity index is 1.44. The summed E-state index contributed by atoms with van der Waals surface area (Å²) in [6.45, 7) is 3.64. The number of ether oxygens (including phenoxy) is 1. The van der Waals surface area contributed by atoms with Gasteiger partial charge in [-0.3, -0.25) is 4.99 Å². The number of rotatable bonds is 7. The third kappa shape index (κ3) is 5.00. The van der Waals surface area contributed by atoms with Crippen LogP contribution in [0.4, 0.5) is 0 Å². The van der Waals surface area contributed by atoms with Gasteiger partial charge in [-0.25, -0.2) is 4.98 Å². The molecule has 0 radical (unpaired) electrons. The number of hydrogen-bond acceptors (Lipinski definition) is 3. The fourth-order valence-corrected chi connectivity index (χ4v) is 2.98. The van der Waals surface area contributed by atoms with Crippen LogP contribution in [0.2, 0.25) is 0 Å². The third-order valence-electron chi connectivity index (χ3n) is 4.49. The molecule has 3 rings (SSSR count). The zero-order valence-corrected chi connectivity index (χ0v) is 16.2. The van der Waals surface area contributed by atoms with Crippen molar-refractivity contribution < 1.29 is 4.74 Å². The van der Waals surface area contributed by atoms with Crippen molar-refractivity contribution >= 4 is 11.6 Å². The molecule has 0 bridgehead atoms. The number of methoxy groups -OCH3 is 1. The highest BCUT2D eigenvalue weighted by molar-refractivity contribution is 5.79. The molecule has 27 heavy (non-hydrogen) atoms. The van der Waals surface area contributed by atoms with Crippen LogP contribution < -0.4 is 15.4 Å². The number of hydrogen-bond donors (Lipinski definition) is 2. The first-order valence-corrected chi connectivity index (χ1v) is 9.20. The number of pyridine rings is 1. The minimum Gasteiger partial charge on any atom is -0.496 e. The lowest BCUT2D eigenvalue weighted by molar-refractivity contribution is 0.411. The summed E-state index contributed by atoms with van der Waals surface area (Å²) in [6, 6.07) is 12.3. The molecule has 0 fully saturated rings. The van der Waals surface area contributed by atoms with Crippen LogP contribution in [-0.2, 0) is 12.8 Å². The number of nitrogens with zero attached hydrogens (tertiary/aromatic N) is 3. The van der Waals surface area contributed by atoms with Crippen LogP contribution in [0.1, 0.15) is 16.8 Å². The van der Waals surface area contributed by atoms with E-state index in [9.17, 15) is 0 Å². The molecule has 0 saturated heterocycles.